The van der Waals surface area contributed by atoms with E-state index in [0.717, 1.165) is 6.26 Å². The Kier molecular flexibility index (Phi) is 2.25. The first-order valence-electron chi connectivity index (χ1n) is 3.92. The summed E-state index contributed by atoms with van der Waals surface area (Å²) in [4.78, 5) is 13.8. The number of hydrazine groups is 1. The van der Waals surface area contributed by atoms with E-state index < -0.39 is 10.0 Å². The first-order valence-corrected chi connectivity index (χ1v) is 5.81. The fraction of sp³-hybridized carbons (Fsp3) is 0.167. The highest BCUT2D eigenvalue weighted by molar-refractivity contribution is 7.88. The molecule has 2 heterocycles. The van der Waals surface area contributed by atoms with Gasteiger partial charge < -0.3 is 0 Å². The van der Waals surface area contributed by atoms with Gasteiger partial charge in [-0.15, -0.1) is 4.83 Å². The minimum absolute atomic E-state index is 0.487. The number of fused-ring (bicyclic) bond motifs is 1. The zero-order valence-corrected chi connectivity index (χ0v) is 8.56. The van der Waals surface area contributed by atoms with Crippen molar-refractivity contribution in [3.63, 3.8) is 0 Å². The highest BCUT2D eigenvalue weighted by Gasteiger charge is 2.04. The van der Waals surface area contributed by atoms with Gasteiger partial charge in [0.05, 0.1) is 12.5 Å². The Morgan fingerprint density at radius 2 is 2.20 bits per heavy atom. The molecule has 9 heteroatoms. The van der Waals surface area contributed by atoms with Crippen molar-refractivity contribution in [1.82, 2.24) is 24.5 Å². The SMILES string of the molecule is CS(=O)(=O)NNn1cnc2cncnc21. The van der Waals surface area contributed by atoms with Gasteiger partial charge in [-0.05, 0) is 0 Å². The number of hydrogen-bond donors (Lipinski definition) is 2. The lowest BCUT2D eigenvalue weighted by Crippen LogP contribution is -2.34. The van der Waals surface area contributed by atoms with Crippen LogP contribution in [0.5, 0.6) is 0 Å². The summed E-state index contributed by atoms with van der Waals surface area (Å²) in [6, 6.07) is 0. The molecule has 8 nitrogen and oxygen atoms in total. The Labute approximate surface area is 85.4 Å². The Balaban J connectivity index is 2.29. The van der Waals surface area contributed by atoms with E-state index in [1.807, 2.05) is 0 Å². The molecule has 2 rings (SSSR count). The molecule has 0 saturated carbocycles. The fourth-order valence-corrected chi connectivity index (χ4v) is 1.25. The molecule has 0 spiro atoms. The number of nitrogens with zero attached hydrogens (tertiary/aromatic N) is 4. The minimum Gasteiger partial charge on any atom is -0.242 e. The van der Waals surface area contributed by atoms with E-state index in [1.165, 1.54) is 23.5 Å². The molecule has 0 fully saturated rings. The third kappa shape index (κ3) is 2.19. The van der Waals surface area contributed by atoms with Crippen LogP contribution >= 0.6 is 0 Å². The maximum Gasteiger partial charge on any atom is 0.226 e. The van der Waals surface area contributed by atoms with Gasteiger partial charge in [-0.2, -0.15) is 0 Å². The summed E-state index contributed by atoms with van der Waals surface area (Å²) in [6.07, 6.45) is 5.31. The van der Waals surface area contributed by atoms with Crippen molar-refractivity contribution < 1.29 is 8.42 Å². The third-order valence-corrected chi connectivity index (χ3v) is 2.03. The van der Waals surface area contributed by atoms with E-state index in [0.29, 0.717) is 11.2 Å². The van der Waals surface area contributed by atoms with Gasteiger partial charge in [-0.1, -0.05) is 0 Å². The highest BCUT2D eigenvalue weighted by atomic mass is 32.2. The molecule has 0 aliphatic carbocycles. The van der Waals surface area contributed by atoms with Crippen LogP contribution in [0.15, 0.2) is 18.9 Å². The maximum atomic E-state index is 10.8. The van der Waals surface area contributed by atoms with Crippen LogP contribution in [0.2, 0.25) is 0 Å². The number of hydrogen-bond acceptors (Lipinski definition) is 6. The smallest absolute Gasteiger partial charge is 0.226 e. The molecule has 0 atom stereocenters. The summed E-state index contributed by atoms with van der Waals surface area (Å²) in [6.45, 7) is 0. The van der Waals surface area contributed by atoms with Crippen LogP contribution in [0, 0.1) is 0 Å². The van der Waals surface area contributed by atoms with Gasteiger partial charge in [-0.3, -0.25) is 0 Å². The van der Waals surface area contributed by atoms with E-state index in [2.05, 4.69) is 25.3 Å². The highest BCUT2D eigenvalue weighted by Crippen LogP contribution is 2.03. The minimum atomic E-state index is -3.32. The Morgan fingerprint density at radius 3 is 2.93 bits per heavy atom. The lowest BCUT2D eigenvalue weighted by molar-refractivity contribution is 0.588. The summed E-state index contributed by atoms with van der Waals surface area (Å²) in [7, 11) is -3.32. The van der Waals surface area contributed by atoms with E-state index in [-0.39, 0.29) is 0 Å². The Bertz CT molecular complexity index is 576. The van der Waals surface area contributed by atoms with E-state index >= 15 is 0 Å². The molecule has 0 aliphatic heterocycles. The van der Waals surface area contributed by atoms with Gasteiger partial charge in [0, 0.05) is 0 Å². The van der Waals surface area contributed by atoms with Crippen LogP contribution in [-0.4, -0.2) is 34.3 Å². The van der Waals surface area contributed by atoms with Gasteiger partial charge in [-0.25, -0.2) is 33.6 Å². The molecule has 0 aromatic carbocycles. The zero-order chi connectivity index (χ0) is 10.9. The lowest BCUT2D eigenvalue weighted by atomic mass is 10.6. The number of aromatic nitrogens is 4. The van der Waals surface area contributed by atoms with E-state index in [9.17, 15) is 8.42 Å². The maximum absolute atomic E-state index is 10.8. The zero-order valence-electron chi connectivity index (χ0n) is 7.75. The lowest BCUT2D eigenvalue weighted by Gasteiger charge is -2.06. The Morgan fingerprint density at radius 1 is 1.40 bits per heavy atom. The molecule has 0 saturated heterocycles. The van der Waals surface area contributed by atoms with Crippen LogP contribution in [0.25, 0.3) is 11.2 Å². The topological polar surface area (TPSA) is 102 Å². The molecule has 0 radical (unpaired) electrons. The van der Waals surface area contributed by atoms with Gasteiger partial charge in [0.1, 0.15) is 18.2 Å². The molecule has 80 valence electrons. The number of nitrogens with one attached hydrogen (secondary N) is 2. The fourth-order valence-electron chi connectivity index (χ4n) is 0.981. The van der Waals surface area contributed by atoms with Crippen LogP contribution in [-0.2, 0) is 10.0 Å². The molecular formula is C6H8N6O2S. The van der Waals surface area contributed by atoms with Crippen LogP contribution in [0.4, 0.5) is 0 Å². The van der Waals surface area contributed by atoms with Crippen molar-refractivity contribution in [3.8, 4) is 0 Å². The van der Waals surface area contributed by atoms with Gasteiger partial charge in [0.25, 0.3) is 0 Å². The second kappa shape index (κ2) is 3.44. The number of rotatable bonds is 3. The van der Waals surface area contributed by atoms with Crippen LogP contribution < -0.4 is 10.4 Å². The van der Waals surface area contributed by atoms with Crippen molar-refractivity contribution in [1.29, 1.82) is 0 Å². The molecule has 2 aromatic rings. The van der Waals surface area contributed by atoms with Gasteiger partial charge >= 0.3 is 0 Å². The molecule has 2 aromatic heterocycles. The average molecular weight is 228 g/mol. The first kappa shape index (κ1) is 9.80. The van der Waals surface area contributed by atoms with Crippen LogP contribution in [0.1, 0.15) is 0 Å². The monoisotopic (exact) mass is 228 g/mol. The van der Waals surface area contributed by atoms with Crippen molar-refractivity contribution in [3.05, 3.63) is 18.9 Å². The van der Waals surface area contributed by atoms with Crippen molar-refractivity contribution in [2.45, 2.75) is 0 Å². The van der Waals surface area contributed by atoms with Crippen molar-refractivity contribution in [2.24, 2.45) is 0 Å². The largest absolute Gasteiger partial charge is 0.242 e. The van der Waals surface area contributed by atoms with E-state index in [4.69, 9.17) is 0 Å². The molecular weight excluding hydrogens is 220 g/mol. The predicted molar refractivity (Wildman–Crippen MR) is 52.7 cm³/mol. The standard InChI is InChI=1S/C6H8N6O2S/c1-15(13,14)11-10-12-4-9-5-2-7-3-8-6(5)12/h2-4,10-11H,1H3. The van der Waals surface area contributed by atoms with Gasteiger partial charge in [0.2, 0.25) is 10.0 Å². The Hall–Kier alpha value is -1.74. The molecule has 0 bridgehead atoms. The third-order valence-electron chi connectivity index (χ3n) is 1.56. The van der Waals surface area contributed by atoms with E-state index in [1.54, 1.807) is 0 Å². The second-order valence-corrected chi connectivity index (χ2v) is 4.58. The summed E-state index contributed by atoms with van der Waals surface area (Å²) < 4.78 is 23.0. The number of sulfonamides is 1. The summed E-state index contributed by atoms with van der Waals surface area (Å²) in [5.74, 6) is 0. The molecule has 15 heavy (non-hydrogen) atoms. The van der Waals surface area contributed by atoms with Crippen LogP contribution in [0.3, 0.4) is 0 Å². The summed E-state index contributed by atoms with van der Waals surface area (Å²) >= 11 is 0. The van der Waals surface area contributed by atoms with Gasteiger partial charge in [0.15, 0.2) is 5.65 Å². The molecule has 2 N–H and O–H groups in total. The molecule has 0 unspecified atom stereocenters. The quantitative estimate of drug-likeness (QED) is 0.642. The second-order valence-electron chi connectivity index (χ2n) is 2.83. The normalized spacial score (nSPS) is 11.8. The van der Waals surface area contributed by atoms with Crippen molar-refractivity contribution in [2.75, 3.05) is 11.8 Å². The average Bonchev–Trinajstić information content (AvgIpc) is 2.57. The first-order chi connectivity index (χ1) is 7.06. The summed E-state index contributed by atoms with van der Waals surface area (Å²) in [5.41, 5.74) is 3.49. The number of imidazole rings is 1. The molecule has 0 amide bonds. The molecule has 0 aliphatic rings. The van der Waals surface area contributed by atoms with Crippen molar-refractivity contribution >= 4 is 21.2 Å². The predicted octanol–water partition coefficient (Wildman–Crippen LogP) is -1.17. The summed E-state index contributed by atoms with van der Waals surface area (Å²) in [5, 5.41) is 0.